The van der Waals surface area contributed by atoms with Crippen LogP contribution in [-0.4, -0.2) is 30.6 Å². The van der Waals surface area contributed by atoms with Crippen LogP contribution in [0.2, 0.25) is 0 Å². The van der Waals surface area contributed by atoms with Crippen molar-refractivity contribution in [3.63, 3.8) is 0 Å². The van der Waals surface area contributed by atoms with Gasteiger partial charge in [-0.25, -0.2) is 0 Å². The Morgan fingerprint density at radius 1 is 1.47 bits per heavy atom. The summed E-state index contributed by atoms with van der Waals surface area (Å²) in [4.78, 5) is 13.2. The van der Waals surface area contributed by atoms with Crippen molar-refractivity contribution in [2.45, 2.75) is 25.3 Å². The number of hydrogen-bond acceptors (Lipinski definition) is 3. The van der Waals surface area contributed by atoms with E-state index in [9.17, 15) is 9.90 Å². The Balaban J connectivity index is 2.36. The summed E-state index contributed by atoms with van der Waals surface area (Å²) in [7, 11) is 0. The minimum absolute atomic E-state index is 0.136. The normalized spacial score (nSPS) is 20.4. The van der Waals surface area contributed by atoms with Gasteiger partial charge in [-0.05, 0) is 37.5 Å². The van der Waals surface area contributed by atoms with Crippen LogP contribution in [0.3, 0.4) is 0 Å². The molecular weight excluding hydrogens is 282 g/mol. The summed E-state index contributed by atoms with van der Waals surface area (Å²) in [6.45, 7) is 1.05. The first-order valence-corrected chi connectivity index (χ1v) is 6.68. The largest absolute Gasteiger partial charge is 0.394 e. The van der Waals surface area contributed by atoms with Gasteiger partial charge in [0.1, 0.15) is 0 Å². The molecule has 0 aromatic heterocycles. The lowest BCUT2D eigenvalue weighted by atomic mass is 10.0. The van der Waals surface area contributed by atoms with Crippen molar-refractivity contribution in [3.05, 3.63) is 28.2 Å². The van der Waals surface area contributed by atoms with Gasteiger partial charge in [-0.15, -0.1) is 0 Å². The van der Waals surface area contributed by atoms with Crippen molar-refractivity contribution in [1.29, 1.82) is 0 Å². The van der Waals surface area contributed by atoms with Crippen molar-refractivity contribution < 1.29 is 9.90 Å². The van der Waals surface area contributed by atoms with Crippen LogP contribution in [0, 0.1) is 0 Å². The number of carbonyl (C=O) groups excluding carboxylic acids is 1. The van der Waals surface area contributed by atoms with Crippen LogP contribution >= 0.6 is 15.9 Å². The summed E-state index contributed by atoms with van der Waals surface area (Å²) in [5, 5.41) is 9.41. The van der Waals surface area contributed by atoms with Crippen LogP contribution in [0.1, 0.15) is 29.6 Å². The molecule has 3 nitrogen and oxygen atoms in total. The second kappa shape index (κ2) is 5.65. The van der Waals surface area contributed by atoms with Crippen LogP contribution in [0.5, 0.6) is 0 Å². The summed E-state index contributed by atoms with van der Waals surface area (Å²) < 4.78 is 0.959. The molecule has 2 rings (SSSR count). The minimum atomic E-state index is 0.136. The monoisotopic (exact) mass is 297 g/mol. The van der Waals surface area contributed by atoms with E-state index in [1.165, 1.54) is 0 Å². The topological polar surface area (TPSA) is 40.5 Å². The quantitative estimate of drug-likeness (QED) is 0.872. The Kier molecular flexibility index (Phi) is 4.18. The Bertz CT molecular complexity index is 408. The van der Waals surface area contributed by atoms with Crippen molar-refractivity contribution >= 4 is 27.9 Å². The number of rotatable bonds is 3. The van der Waals surface area contributed by atoms with E-state index in [-0.39, 0.29) is 12.6 Å². The minimum Gasteiger partial charge on any atom is -0.394 e. The summed E-state index contributed by atoms with van der Waals surface area (Å²) in [6.07, 6.45) is 4.12. The zero-order valence-electron chi connectivity index (χ0n) is 9.60. The van der Waals surface area contributed by atoms with Crippen molar-refractivity contribution in [2.75, 3.05) is 18.1 Å². The van der Waals surface area contributed by atoms with Gasteiger partial charge in [0.2, 0.25) is 0 Å². The van der Waals surface area contributed by atoms with E-state index in [1.807, 2.05) is 18.2 Å². The lowest BCUT2D eigenvalue weighted by molar-refractivity contribution is 0.112. The Morgan fingerprint density at radius 2 is 2.29 bits per heavy atom. The van der Waals surface area contributed by atoms with E-state index in [2.05, 4.69) is 20.8 Å². The molecule has 1 atom stereocenters. The first-order chi connectivity index (χ1) is 8.26. The lowest BCUT2D eigenvalue weighted by Crippen LogP contribution is -2.42. The van der Waals surface area contributed by atoms with E-state index in [0.717, 1.165) is 42.3 Å². The first-order valence-electron chi connectivity index (χ1n) is 5.88. The third-order valence-corrected chi connectivity index (χ3v) is 3.76. The molecule has 1 aliphatic heterocycles. The maximum atomic E-state index is 11.1. The predicted molar refractivity (Wildman–Crippen MR) is 71.6 cm³/mol. The molecule has 1 heterocycles. The second-order valence-electron chi connectivity index (χ2n) is 4.35. The number of piperidine rings is 1. The molecule has 0 amide bonds. The van der Waals surface area contributed by atoms with Gasteiger partial charge in [0.05, 0.1) is 12.6 Å². The highest BCUT2D eigenvalue weighted by Gasteiger charge is 2.23. The predicted octanol–water partition coefficient (Wildman–Crippen LogP) is 2.61. The summed E-state index contributed by atoms with van der Waals surface area (Å²) >= 11 is 3.43. The van der Waals surface area contributed by atoms with E-state index in [0.29, 0.717) is 5.56 Å². The zero-order chi connectivity index (χ0) is 12.3. The second-order valence-corrected chi connectivity index (χ2v) is 5.26. The fraction of sp³-hybridized carbons (Fsp3) is 0.462. The molecule has 0 radical (unpaired) electrons. The van der Waals surface area contributed by atoms with Gasteiger partial charge < -0.3 is 10.0 Å². The van der Waals surface area contributed by atoms with Crippen LogP contribution in [0.15, 0.2) is 22.7 Å². The molecule has 17 heavy (non-hydrogen) atoms. The summed E-state index contributed by atoms with van der Waals surface area (Å²) in [5.41, 5.74) is 1.61. The van der Waals surface area contributed by atoms with Crippen LogP contribution in [-0.2, 0) is 0 Å². The summed E-state index contributed by atoms with van der Waals surface area (Å²) in [6, 6.07) is 5.77. The highest BCUT2D eigenvalue weighted by atomic mass is 79.9. The van der Waals surface area contributed by atoms with Gasteiger partial charge in [-0.3, -0.25) is 4.79 Å². The average molecular weight is 298 g/mol. The van der Waals surface area contributed by atoms with E-state index >= 15 is 0 Å². The molecule has 0 spiro atoms. The molecule has 0 saturated carbocycles. The van der Waals surface area contributed by atoms with Crippen LogP contribution < -0.4 is 4.90 Å². The number of aldehydes is 1. The molecule has 1 saturated heterocycles. The smallest absolute Gasteiger partial charge is 0.152 e. The van der Waals surface area contributed by atoms with Crippen molar-refractivity contribution in [2.24, 2.45) is 0 Å². The number of carbonyl (C=O) groups is 1. The first kappa shape index (κ1) is 12.6. The molecule has 1 N–H and O–H groups in total. The number of aliphatic hydroxyl groups excluding tert-OH is 1. The number of benzene rings is 1. The molecule has 1 aromatic rings. The number of halogens is 1. The molecule has 1 unspecified atom stereocenters. The molecule has 4 heteroatoms. The molecule has 1 fully saturated rings. The fourth-order valence-corrected chi connectivity index (χ4v) is 2.72. The lowest BCUT2D eigenvalue weighted by Gasteiger charge is -2.37. The highest BCUT2D eigenvalue weighted by molar-refractivity contribution is 9.10. The average Bonchev–Trinajstić information content (AvgIpc) is 2.38. The number of anilines is 1. The summed E-state index contributed by atoms with van der Waals surface area (Å²) in [5.74, 6) is 0. The highest BCUT2D eigenvalue weighted by Crippen LogP contribution is 2.29. The van der Waals surface area contributed by atoms with Crippen LogP contribution in [0.25, 0.3) is 0 Å². The van der Waals surface area contributed by atoms with E-state index in [4.69, 9.17) is 0 Å². The Labute approximate surface area is 110 Å². The molecular formula is C13H16BrNO2. The molecule has 1 aromatic carbocycles. The third-order valence-electron chi connectivity index (χ3n) is 3.27. The van der Waals surface area contributed by atoms with Gasteiger partial charge in [0, 0.05) is 22.3 Å². The Hall–Kier alpha value is -0.870. The van der Waals surface area contributed by atoms with E-state index < -0.39 is 0 Å². The maximum Gasteiger partial charge on any atom is 0.152 e. The molecule has 0 bridgehead atoms. The zero-order valence-corrected chi connectivity index (χ0v) is 11.2. The van der Waals surface area contributed by atoms with Gasteiger partial charge in [0.15, 0.2) is 6.29 Å². The van der Waals surface area contributed by atoms with E-state index in [1.54, 1.807) is 0 Å². The maximum absolute atomic E-state index is 11.1. The standard InChI is InChI=1S/C13H16BrNO2/c14-11-5-4-10(8-16)13(7-11)15-6-2-1-3-12(15)9-17/h4-5,7-8,12,17H,1-3,6,9H2. The third kappa shape index (κ3) is 2.69. The van der Waals surface area contributed by atoms with Gasteiger partial charge >= 0.3 is 0 Å². The Morgan fingerprint density at radius 3 is 3.00 bits per heavy atom. The van der Waals surface area contributed by atoms with Gasteiger partial charge in [-0.2, -0.15) is 0 Å². The van der Waals surface area contributed by atoms with Crippen molar-refractivity contribution in [1.82, 2.24) is 0 Å². The number of hydrogen-bond donors (Lipinski definition) is 1. The van der Waals surface area contributed by atoms with Crippen LogP contribution in [0.4, 0.5) is 5.69 Å². The SMILES string of the molecule is O=Cc1ccc(Br)cc1N1CCCCC1CO. The molecule has 92 valence electrons. The molecule has 1 aliphatic rings. The number of nitrogens with zero attached hydrogens (tertiary/aromatic N) is 1. The van der Waals surface area contributed by atoms with Gasteiger partial charge in [0.25, 0.3) is 0 Å². The fourth-order valence-electron chi connectivity index (χ4n) is 2.37. The molecule has 0 aliphatic carbocycles. The number of aliphatic hydroxyl groups is 1. The van der Waals surface area contributed by atoms with Gasteiger partial charge in [-0.1, -0.05) is 15.9 Å². The van der Waals surface area contributed by atoms with Crippen molar-refractivity contribution in [3.8, 4) is 0 Å².